The van der Waals surface area contributed by atoms with Crippen LogP contribution in [0.5, 0.6) is 0 Å². The zero-order chi connectivity index (χ0) is 18.6. The van der Waals surface area contributed by atoms with E-state index in [1.807, 2.05) is 0 Å². The highest BCUT2D eigenvalue weighted by Crippen LogP contribution is 2.21. The first-order valence-electron chi connectivity index (χ1n) is 7.15. The third kappa shape index (κ3) is 4.90. The van der Waals surface area contributed by atoms with Gasteiger partial charge in [0, 0.05) is 10.7 Å². The smallest absolute Gasteiger partial charge is 0.331 e. The van der Waals surface area contributed by atoms with Crippen LogP contribution in [-0.2, 0) is 9.84 Å². The Morgan fingerprint density at radius 2 is 1.76 bits per heavy atom. The van der Waals surface area contributed by atoms with Crippen molar-refractivity contribution in [3.8, 4) is 0 Å². The molecule has 2 aromatic rings. The Hall–Kier alpha value is -2.19. The summed E-state index contributed by atoms with van der Waals surface area (Å²) in [7, 11) is -4.66. The summed E-state index contributed by atoms with van der Waals surface area (Å²) in [4.78, 5) is 11.5. The zero-order valence-electron chi connectivity index (χ0n) is 13.0. The largest absolute Gasteiger partial charge is 0.341 e. The van der Waals surface area contributed by atoms with Crippen molar-refractivity contribution in [2.45, 2.75) is 23.6 Å². The molecule has 0 aliphatic rings. The molecule has 134 valence electrons. The van der Waals surface area contributed by atoms with E-state index >= 15 is 0 Å². The Morgan fingerprint density at radius 3 is 2.32 bits per heavy atom. The predicted octanol–water partition coefficient (Wildman–Crippen LogP) is 4.22. The van der Waals surface area contributed by atoms with E-state index in [1.54, 1.807) is 31.2 Å². The van der Waals surface area contributed by atoms with Crippen molar-refractivity contribution in [1.82, 2.24) is 5.32 Å². The molecule has 25 heavy (non-hydrogen) atoms. The lowest BCUT2D eigenvalue weighted by Crippen LogP contribution is -2.31. The molecule has 5 nitrogen and oxygen atoms in total. The molecular weight excluding hydrogens is 374 g/mol. The molecule has 2 amide bonds. The number of benzene rings is 2. The minimum absolute atomic E-state index is 0.268. The maximum atomic E-state index is 12.5. The summed E-state index contributed by atoms with van der Waals surface area (Å²) in [5, 5.41) is 5.73. The first-order chi connectivity index (χ1) is 11.7. The molecule has 0 aromatic heterocycles. The van der Waals surface area contributed by atoms with Gasteiger partial charge in [0.2, 0.25) is 9.84 Å². The summed E-state index contributed by atoms with van der Waals surface area (Å²) in [5.74, 6) is -3.49. The van der Waals surface area contributed by atoms with Crippen molar-refractivity contribution in [3.05, 3.63) is 59.1 Å². The fourth-order valence-electron chi connectivity index (χ4n) is 2.05. The molecule has 0 bridgehead atoms. The van der Waals surface area contributed by atoms with Crippen LogP contribution in [0.3, 0.4) is 0 Å². The standard InChI is InChI=1S/C16H15ClF2N2O3S/c1-10(11-3-2-4-12(17)9-11)20-16(22)21-13-5-7-14(8-6-13)25(23,24)15(18)19/h2-10,15H,1H3,(H2,20,21,22)/t10-/m1/s1. The number of amides is 2. The van der Waals surface area contributed by atoms with Crippen molar-refractivity contribution < 1.29 is 22.0 Å². The van der Waals surface area contributed by atoms with Crippen LogP contribution in [0.1, 0.15) is 18.5 Å². The molecule has 9 heteroatoms. The average Bonchev–Trinajstić information content (AvgIpc) is 2.55. The second-order valence-corrected chi connectivity index (χ2v) is 7.56. The number of alkyl halides is 2. The summed E-state index contributed by atoms with van der Waals surface area (Å²) in [6.45, 7) is 1.77. The molecule has 0 unspecified atom stereocenters. The average molecular weight is 389 g/mol. The number of urea groups is 1. The van der Waals surface area contributed by atoms with Gasteiger partial charge < -0.3 is 10.6 Å². The first kappa shape index (κ1) is 19.1. The van der Waals surface area contributed by atoms with Crippen LogP contribution >= 0.6 is 11.6 Å². The molecule has 2 rings (SSSR count). The maximum absolute atomic E-state index is 12.5. The Kier molecular flexibility index (Phi) is 5.97. The van der Waals surface area contributed by atoms with Crippen molar-refractivity contribution >= 4 is 33.2 Å². The molecular formula is C16H15ClF2N2O3S. The highest BCUT2D eigenvalue weighted by atomic mass is 35.5. The topological polar surface area (TPSA) is 75.3 Å². The summed E-state index contributed by atoms with van der Waals surface area (Å²) < 4.78 is 47.6. The van der Waals surface area contributed by atoms with E-state index in [1.165, 1.54) is 12.1 Å². The second-order valence-electron chi connectivity index (χ2n) is 5.21. The molecule has 0 heterocycles. The van der Waals surface area contributed by atoms with Gasteiger partial charge in [0.05, 0.1) is 10.9 Å². The number of carbonyl (C=O) groups excluding carboxylic acids is 1. The van der Waals surface area contributed by atoms with Crippen LogP contribution < -0.4 is 10.6 Å². The molecule has 2 N–H and O–H groups in total. The molecule has 0 spiro atoms. The normalized spacial score (nSPS) is 12.7. The third-order valence-electron chi connectivity index (χ3n) is 3.37. The molecule has 0 saturated heterocycles. The van der Waals surface area contributed by atoms with Gasteiger partial charge in [0.1, 0.15) is 0 Å². The number of nitrogens with one attached hydrogen (secondary N) is 2. The lowest BCUT2D eigenvalue weighted by Gasteiger charge is -2.15. The minimum atomic E-state index is -4.66. The van der Waals surface area contributed by atoms with Crippen LogP contribution in [-0.4, -0.2) is 20.2 Å². The van der Waals surface area contributed by atoms with Gasteiger partial charge in [-0.3, -0.25) is 0 Å². The second kappa shape index (κ2) is 7.79. The van der Waals surface area contributed by atoms with E-state index in [0.717, 1.165) is 17.7 Å². The van der Waals surface area contributed by atoms with E-state index in [4.69, 9.17) is 11.6 Å². The van der Waals surface area contributed by atoms with Crippen molar-refractivity contribution in [1.29, 1.82) is 0 Å². The molecule has 2 aromatic carbocycles. The van der Waals surface area contributed by atoms with Crippen LogP contribution in [0.25, 0.3) is 0 Å². The first-order valence-corrected chi connectivity index (χ1v) is 9.07. The number of anilines is 1. The van der Waals surface area contributed by atoms with Gasteiger partial charge in [0.25, 0.3) is 0 Å². The van der Waals surface area contributed by atoms with Gasteiger partial charge in [-0.1, -0.05) is 23.7 Å². The Morgan fingerprint density at radius 1 is 1.12 bits per heavy atom. The Balaban J connectivity index is 2.01. The minimum Gasteiger partial charge on any atom is -0.331 e. The molecule has 0 aliphatic heterocycles. The van der Waals surface area contributed by atoms with E-state index in [2.05, 4.69) is 10.6 Å². The van der Waals surface area contributed by atoms with Gasteiger partial charge >= 0.3 is 11.8 Å². The highest BCUT2D eigenvalue weighted by molar-refractivity contribution is 7.91. The van der Waals surface area contributed by atoms with E-state index < -0.39 is 26.5 Å². The van der Waals surface area contributed by atoms with E-state index in [9.17, 15) is 22.0 Å². The monoisotopic (exact) mass is 388 g/mol. The number of halogens is 3. The maximum Gasteiger partial charge on any atom is 0.341 e. The van der Waals surface area contributed by atoms with Crippen LogP contribution in [0, 0.1) is 0 Å². The molecule has 0 radical (unpaired) electrons. The third-order valence-corrected chi connectivity index (χ3v) is 5.01. The van der Waals surface area contributed by atoms with Crippen molar-refractivity contribution in [2.24, 2.45) is 0 Å². The summed E-state index contributed by atoms with van der Waals surface area (Å²) >= 11 is 5.90. The molecule has 0 saturated carbocycles. The summed E-state index contributed by atoms with van der Waals surface area (Å²) in [6, 6.07) is 10.6. The zero-order valence-corrected chi connectivity index (χ0v) is 14.6. The van der Waals surface area contributed by atoms with Crippen LogP contribution in [0.2, 0.25) is 5.02 Å². The molecule has 0 aliphatic carbocycles. The van der Waals surface area contributed by atoms with Gasteiger partial charge in [0.15, 0.2) is 0 Å². The van der Waals surface area contributed by atoms with Crippen molar-refractivity contribution in [2.75, 3.05) is 5.32 Å². The number of hydrogen-bond acceptors (Lipinski definition) is 3. The number of hydrogen-bond donors (Lipinski definition) is 2. The fourth-order valence-corrected chi connectivity index (χ4v) is 2.97. The number of rotatable bonds is 5. The molecule has 1 atom stereocenters. The number of carbonyl (C=O) groups is 1. The van der Waals surface area contributed by atoms with Crippen LogP contribution in [0.4, 0.5) is 19.3 Å². The SMILES string of the molecule is C[C@@H](NC(=O)Nc1ccc(S(=O)(=O)C(F)F)cc1)c1cccc(Cl)c1. The van der Waals surface area contributed by atoms with E-state index in [0.29, 0.717) is 5.02 Å². The quantitative estimate of drug-likeness (QED) is 0.805. The highest BCUT2D eigenvalue weighted by Gasteiger charge is 2.26. The summed E-state index contributed by atoms with van der Waals surface area (Å²) in [6.07, 6.45) is 0. The van der Waals surface area contributed by atoms with Gasteiger partial charge in [-0.15, -0.1) is 0 Å². The lowest BCUT2D eigenvalue weighted by molar-refractivity contribution is 0.234. The Labute approximate surface area is 148 Å². The number of sulfone groups is 1. The van der Waals surface area contributed by atoms with Gasteiger partial charge in [-0.05, 0) is 48.9 Å². The Bertz CT molecular complexity index is 858. The van der Waals surface area contributed by atoms with Gasteiger partial charge in [-0.25, -0.2) is 13.2 Å². The van der Waals surface area contributed by atoms with Gasteiger partial charge in [-0.2, -0.15) is 8.78 Å². The fraction of sp³-hybridized carbons (Fsp3) is 0.188. The summed E-state index contributed by atoms with van der Waals surface area (Å²) in [5.41, 5.74) is 1.07. The molecule has 0 fully saturated rings. The van der Waals surface area contributed by atoms with Crippen molar-refractivity contribution in [3.63, 3.8) is 0 Å². The van der Waals surface area contributed by atoms with Crippen LogP contribution in [0.15, 0.2) is 53.4 Å². The predicted molar refractivity (Wildman–Crippen MR) is 91.7 cm³/mol. The lowest BCUT2D eigenvalue weighted by atomic mass is 10.1. The van der Waals surface area contributed by atoms with E-state index in [-0.39, 0.29) is 11.7 Å².